The number of aromatic nitrogens is 1. The van der Waals surface area contributed by atoms with E-state index in [0.717, 1.165) is 43.6 Å². The van der Waals surface area contributed by atoms with Crippen LogP contribution in [0.15, 0.2) is 12.3 Å². The Hall–Kier alpha value is -1.13. The molecule has 110 valence electrons. The fourth-order valence-electron chi connectivity index (χ4n) is 3.61. The van der Waals surface area contributed by atoms with Crippen molar-refractivity contribution in [3.8, 4) is 0 Å². The number of anilines is 1. The molecule has 1 saturated heterocycles. The second kappa shape index (κ2) is 6.10. The first-order chi connectivity index (χ1) is 9.78. The van der Waals surface area contributed by atoms with Gasteiger partial charge in [-0.3, -0.25) is 4.90 Å². The zero-order valence-corrected chi connectivity index (χ0v) is 12.4. The highest BCUT2D eigenvalue weighted by Crippen LogP contribution is 2.26. The van der Waals surface area contributed by atoms with Crippen LogP contribution in [0, 0.1) is 6.92 Å². The van der Waals surface area contributed by atoms with Crippen molar-refractivity contribution in [1.82, 2.24) is 9.88 Å². The Balaban J connectivity index is 1.62. The van der Waals surface area contributed by atoms with Crippen molar-refractivity contribution in [1.29, 1.82) is 0 Å². The molecule has 4 nitrogen and oxygen atoms in total. The molecule has 4 heteroatoms. The van der Waals surface area contributed by atoms with Crippen molar-refractivity contribution in [2.75, 3.05) is 31.1 Å². The first-order valence-electron chi connectivity index (χ1n) is 7.83. The van der Waals surface area contributed by atoms with Crippen molar-refractivity contribution in [2.45, 2.75) is 45.3 Å². The van der Waals surface area contributed by atoms with E-state index in [2.05, 4.69) is 21.7 Å². The van der Waals surface area contributed by atoms with Gasteiger partial charge in [-0.05, 0) is 37.0 Å². The molecular formula is C16H25N3O. The third-order valence-electron chi connectivity index (χ3n) is 4.74. The van der Waals surface area contributed by atoms with Crippen molar-refractivity contribution >= 4 is 5.82 Å². The Morgan fingerprint density at radius 1 is 1.20 bits per heavy atom. The Morgan fingerprint density at radius 3 is 2.50 bits per heavy atom. The van der Waals surface area contributed by atoms with Crippen LogP contribution in [-0.2, 0) is 6.61 Å². The molecule has 2 fully saturated rings. The molecule has 0 aromatic carbocycles. The number of nitrogens with zero attached hydrogens (tertiary/aromatic N) is 3. The standard InChI is InChI=1S/C16H25N3O/c1-13-10-14(12-20)11-17-16(13)19-8-6-18(7-9-19)15-4-2-3-5-15/h10-11,15,20H,2-9,12H2,1H3. The SMILES string of the molecule is Cc1cc(CO)cnc1N1CCN(C2CCCC2)CC1. The van der Waals surface area contributed by atoms with Gasteiger partial charge in [0.1, 0.15) is 5.82 Å². The van der Waals surface area contributed by atoms with E-state index in [-0.39, 0.29) is 6.61 Å². The number of hydrogen-bond donors (Lipinski definition) is 1. The molecule has 1 aliphatic carbocycles. The summed E-state index contributed by atoms with van der Waals surface area (Å²) in [5.41, 5.74) is 2.07. The van der Waals surface area contributed by atoms with Crippen LogP contribution in [0.2, 0.25) is 0 Å². The highest BCUT2D eigenvalue weighted by molar-refractivity contribution is 5.47. The number of aryl methyl sites for hydroxylation is 1. The summed E-state index contributed by atoms with van der Waals surface area (Å²) >= 11 is 0. The first-order valence-corrected chi connectivity index (χ1v) is 7.83. The molecule has 1 N–H and O–H groups in total. The van der Waals surface area contributed by atoms with Gasteiger partial charge < -0.3 is 10.0 Å². The van der Waals surface area contributed by atoms with Gasteiger partial charge in [-0.25, -0.2) is 4.98 Å². The molecular weight excluding hydrogens is 250 g/mol. The average Bonchev–Trinajstić information content (AvgIpc) is 3.01. The number of aliphatic hydroxyl groups excluding tert-OH is 1. The lowest BCUT2D eigenvalue weighted by molar-refractivity contribution is 0.187. The molecule has 0 radical (unpaired) electrons. The number of hydrogen-bond acceptors (Lipinski definition) is 4. The zero-order chi connectivity index (χ0) is 13.9. The van der Waals surface area contributed by atoms with E-state index < -0.39 is 0 Å². The van der Waals surface area contributed by atoms with Crippen LogP contribution in [0.25, 0.3) is 0 Å². The fraction of sp³-hybridized carbons (Fsp3) is 0.688. The Morgan fingerprint density at radius 2 is 1.90 bits per heavy atom. The number of piperazine rings is 1. The normalized spacial score (nSPS) is 21.6. The van der Waals surface area contributed by atoms with E-state index in [1.54, 1.807) is 6.20 Å². The second-order valence-electron chi connectivity index (χ2n) is 6.10. The van der Waals surface area contributed by atoms with E-state index in [9.17, 15) is 0 Å². The molecule has 2 aliphatic rings. The first kappa shape index (κ1) is 13.8. The lowest BCUT2D eigenvalue weighted by Crippen LogP contribution is -2.50. The topological polar surface area (TPSA) is 39.6 Å². The second-order valence-corrected chi connectivity index (χ2v) is 6.10. The van der Waals surface area contributed by atoms with Gasteiger partial charge in [-0.15, -0.1) is 0 Å². The number of pyridine rings is 1. The minimum atomic E-state index is 0.0730. The predicted molar refractivity (Wildman–Crippen MR) is 80.9 cm³/mol. The fourth-order valence-corrected chi connectivity index (χ4v) is 3.61. The largest absolute Gasteiger partial charge is 0.392 e. The van der Waals surface area contributed by atoms with E-state index in [4.69, 9.17) is 5.11 Å². The third-order valence-corrected chi connectivity index (χ3v) is 4.74. The number of aliphatic hydroxyl groups is 1. The van der Waals surface area contributed by atoms with Gasteiger partial charge in [-0.2, -0.15) is 0 Å². The Labute approximate surface area is 121 Å². The van der Waals surface area contributed by atoms with Crippen molar-refractivity contribution in [3.05, 3.63) is 23.4 Å². The molecule has 0 unspecified atom stereocenters. The van der Waals surface area contributed by atoms with Crippen LogP contribution in [0.3, 0.4) is 0 Å². The van der Waals surface area contributed by atoms with Gasteiger partial charge in [-0.1, -0.05) is 12.8 Å². The average molecular weight is 275 g/mol. The highest BCUT2D eigenvalue weighted by atomic mass is 16.3. The molecule has 1 aliphatic heterocycles. The summed E-state index contributed by atoms with van der Waals surface area (Å²) in [6, 6.07) is 2.88. The van der Waals surface area contributed by atoms with Crippen molar-refractivity contribution in [3.63, 3.8) is 0 Å². The maximum absolute atomic E-state index is 9.16. The summed E-state index contributed by atoms with van der Waals surface area (Å²) in [6.45, 7) is 6.63. The molecule has 2 heterocycles. The summed E-state index contributed by atoms with van der Waals surface area (Å²) in [5.74, 6) is 1.09. The van der Waals surface area contributed by atoms with Gasteiger partial charge in [0, 0.05) is 38.4 Å². The van der Waals surface area contributed by atoms with Crippen LogP contribution in [0.5, 0.6) is 0 Å². The maximum atomic E-state index is 9.16. The summed E-state index contributed by atoms with van der Waals surface area (Å²) in [6.07, 6.45) is 7.40. The Bertz CT molecular complexity index is 449. The lowest BCUT2D eigenvalue weighted by Gasteiger charge is -2.39. The van der Waals surface area contributed by atoms with Crippen molar-refractivity contribution < 1.29 is 5.11 Å². The van der Waals surface area contributed by atoms with Gasteiger partial charge in [0.05, 0.1) is 6.61 Å². The van der Waals surface area contributed by atoms with E-state index in [0.29, 0.717) is 0 Å². The van der Waals surface area contributed by atoms with E-state index in [1.165, 1.54) is 31.2 Å². The molecule has 0 spiro atoms. The zero-order valence-electron chi connectivity index (χ0n) is 12.4. The number of rotatable bonds is 3. The van der Waals surface area contributed by atoms with Gasteiger partial charge >= 0.3 is 0 Å². The molecule has 1 saturated carbocycles. The Kier molecular flexibility index (Phi) is 4.22. The summed E-state index contributed by atoms with van der Waals surface area (Å²) < 4.78 is 0. The molecule has 0 atom stereocenters. The van der Waals surface area contributed by atoms with Crippen LogP contribution in [0.1, 0.15) is 36.8 Å². The minimum Gasteiger partial charge on any atom is -0.392 e. The van der Waals surface area contributed by atoms with Gasteiger partial charge in [0.2, 0.25) is 0 Å². The van der Waals surface area contributed by atoms with E-state index in [1.807, 2.05) is 6.07 Å². The molecule has 1 aromatic heterocycles. The summed E-state index contributed by atoms with van der Waals surface area (Å²) in [4.78, 5) is 9.60. The smallest absolute Gasteiger partial charge is 0.131 e. The lowest BCUT2D eigenvalue weighted by atomic mass is 10.1. The van der Waals surface area contributed by atoms with Crippen LogP contribution in [-0.4, -0.2) is 47.2 Å². The third kappa shape index (κ3) is 2.81. The highest BCUT2D eigenvalue weighted by Gasteiger charge is 2.26. The van der Waals surface area contributed by atoms with Crippen LogP contribution >= 0.6 is 0 Å². The molecule has 0 amide bonds. The molecule has 0 bridgehead atoms. The van der Waals surface area contributed by atoms with Crippen LogP contribution < -0.4 is 4.90 Å². The monoisotopic (exact) mass is 275 g/mol. The van der Waals surface area contributed by atoms with Gasteiger partial charge in [0.15, 0.2) is 0 Å². The van der Waals surface area contributed by atoms with Gasteiger partial charge in [0.25, 0.3) is 0 Å². The summed E-state index contributed by atoms with van der Waals surface area (Å²) in [5, 5.41) is 9.16. The van der Waals surface area contributed by atoms with Crippen LogP contribution in [0.4, 0.5) is 5.82 Å². The quantitative estimate of drug-likeness (QED) is 0.915. The predicted octanol–water partition coefficient (Wildman–Crippen LogP) is 1.95. The van der Waals surface area contributed by atoms with Crippen molar-refractivity contribution in [2.24, 2.45) is 0 Å². The van der Waals surface area contributed by atoms with E-state index >= 15 is 0 Å². The minimum absolute atomic E-state index is 0.0730. The molecule has 20 heavy (non-hydrogen) atoms. The molecule has 1 aromatic rings. The summed E-state index contributed by atoms with van der Waals surface area (Å²) in [7, 11) is 0. The maximum Gasteiger partial charge on any atom is 0.131 e. The molecule has 3 rings (SSSR count).